The molecule has 164 valence electrons. The number of nitrogen functional groups attached to an aromatic ring is 11. The highest BCUT2D eigenvalue weighted by Crippen LogP contribution is 2.63. The topological polar surface area (TPSA) is 286 Å². The molecule has 0 unspecified atom stereocenters. The summed E-state index contributed by atoms with van der Waals surface area (Å²) in [5, 5.41) is 1.89. The van der Waals surface area contributed by atoms with Gasteiger partial charge in [-0.25, -0.2) is 0 Å². The lowest BCUT2D eigenvalue weighted by Gasteiger charge is -2.20. The summed E-state index contributed by atoms with van der Waals surface area (Å²) in [4.78, 5) is 0. The summed E-state index contributed by atoms with van der Waals surface area (Å²) >= 11 is 2.01. The van der Waals surface area contributed by atoms with E-state index in [2.05, 4.69) is 0 Å². The molecule has 32 heavy (non-hydrogen) atoms. The number of anilines is 11. The number of rotatable bonds is 0. The van der Waals surface area contributed by atoms with Crippen LogP contribution in [0.5, 0.6) is 0 Å². The second kappa shape index (κ2) is 5.79. The molecule has 12 heteroatoms. The largest absolute Gasteiger partial charge is 0.398 e. The van der Waals surface area contributed by atoms with Crippen LogP contribution in [0.1, 0.15) is 0 Å². The maximum Gasteiger partial charge on any atom is 0.0795 e. The molecule has 0 atom stereocenters. The van der Waals surface area contributed by atoms with E-state index in [1.165, 1.54) is 0 Å². The Morgan fingerprint density at radius 2 is 0.625 bits per heavy atom. The van der Waals surface area contributed by atoms with Crippen LogP contribution in [0.3, 0.4) is 0 Å². The third kappa shape index (κ3) is 1.91. The van der Waals surface area contributed by atoms with Crippen LogP contribution in [-0.4, -0.2) is 0 Å². The first kappa shape index (κ1) is 19.9. The monoisotopic (exact) mass is 543 g/mol. The Hall–Kier alpha value is -4.07. The quantitative estimate of drug-likeness (QED) is 0.0758. The molecular weight excluding hydrogens is 521 g/mol. The van der Waals surface area contributed by atoms with E-state index in [1.54, 1.807) is 0 Å². The van der Waals surface area contributed by atoms with Crippen molar-refractivity contribution in [3.8, 4) is 22.3 Å². The van der Waals surface area contributed by atoms with E-state index in [0.717, 1.165) is 0 Å². The van der Waals surface area contributed by atoms with Gasteiger partial charge in [0.2, 0.25) is 0 Å². The summed E-state index contributed by atoms with van der Waals surface area (Å²) in [7, 11) is 0. The van der Waals surface area contributed by atoms with Gasteiger partial charge in [-0.05, 0) is 22.6 Å². The minimum absolute atomic E-state index is 0.148. The molecule has 4 aromatic carbocycles. The molecule has 0 radical (unpaired) electrons. The number of halogens is 1. The minimum atomic E-state index is 0.148. The predicted molar refractivity (Wildman–Crippen MR) is 147 cm³/mol. The molecule has 0 spiro atoms. The van der Waals surface area contributed by atoms with E-state index in [-0.39, 0.29) is 45.5 Å². The molecule has 0 aliphatic heterocycles. The molecule has 0 saturated carbocycles. The van der Waals surface area contributed by atoms with Crippen LogP contribution in [0.25, 0.3) is 43.8 Å². The van der Waals surface area contributed by atoms with Crippen LogP contribution in [0.4, 0.5) is 62.6 Å². The SMILES string of the molecule is Nc1c(I)c(N)c2c(N)c3c(c(N)c2c1N)-c1c(N)c(N)c(N)c2c(N)c(N)c(N)c-3c12. The van der Waals surface area contributed by atoms with Crippen molar-refractivity contribution in [2.75, 3.05) is 63.1 Å². The normalized spacial score (nSPS) is 12.0. The van der Waals surface area contributed by atoms with Crippen molar-refractivity contribution in [2.45, 2.75) is 0 Å². The molecule has 0 saturated heterocycles. The summed E-state index contributed by atoms with van der Waals surface area (Å²) in [6.45, 7) is 0. The van der Waals surface area contributed by atoms with Crippen molar-refractivity contribution >= 4 is 107 Å². The first-order valence-corrected chi connectivity index (χ1v) is 10.4. The van der Waals surface area contributed by atoms with E-state index in [0.29, 0.717) is 64.4 Å². The van der Waals surface area contributed by atoms with Gasteiger partial charge in [0, 0.05) is 43.8 Å². The zero-order valence-corrected chi connectivity index (χ0v) is 18.9. The molecule has 1 aliphatic carbocycles. The first-order chi connectivity index (χ1) is 14.9. The molecule has 0 amide bonds. The maximum atomic E-state index is 6.70. The van der Waals surface area contributed by atoms with Gasteiger partial charge in [-0.15, -0.1) is 0 Å². The van der Waals surface area contributed by atoms with Crippen LogP contribution in [0.2, 0.25) is 0 Å². The first-order valence-electron chi connectivity index (χ1n) is 9.36. The molecule has 0 fully saturated rings. The fourth-order valence-electron chi connectivity index (χ4n) is 4.78. The zero-order valence-electron chi connectivity index (χ0n) is 16.7. The second-order valence-electron chi connectivity index (χ2n) is 7.86. The van der Waals surface area contributed by atoms with E-state index >= 15 is 0 Å². The van der Waals surface area contributed by atoms with Gasteiger partial charge < -0.3 is 63.1 Å². The highest BCUT2D eigenvalue weighted by molar-refractivity contribution is 14.1. The third-order valence-corrected chi connectivity index (χ3v) is 7.53. The molecule has 22 N–H and O–H groups in total. The average Bonchev–Trinajstić information content (AvgIpc) is 3.11. The fraction of sp³-hybridized carbons (Fsp3) is 0. The Labute approximate surface area is 195 Å². The highest BCUT2D eigenvalue weighted by Gasteiger charge is 2.36. The van der Waals surface area contributed by atoms with Gasteiger partial charge in [0.05, 0.1) is 66.1 Å². The maximum absolute atomic E-state index is 6.70. The number of hydrogen-bond acceptors (Lipinski definition) is 11. The lowest BCUT2D eigenvalue weighted by Crippen LogP contribution is -2.08. The molecule has 11 nitrogen and oxygen atoms in total. The summed E-state index contributed by atoms with van der Waals surface area (Å²) < 4.78 is 0.567. The summed E-state index contributed by atoms with van der Waals surface area (Å²) in [6.07, 6.45) is 0. The summed E-state index contributed by atoms with van der Waals surface area (Å²) in [5.41, 5.74) is 75.0. The number of fused-ring (bicyclic) bond motifs is 4. The molecular formula is C20H22IN11. The number of nitrogens with two attached hydrogens (primary N) is 11. The van der Waals surface area contributed by atoms with Gasteiger partial charge >= 0.3 is 0 Å². The van der Waals surface area contributed by atoms with Crippen molar-refractivity contribution in [1.82, 2.24) is 0 Å². The van der Waals surface area contributed by atoms with Crippen molar-refractivity contribution < 1.29 is 0 Å². The van der Waals surface area contributed by atoms with Crippen LogP contribution < -0.4 is 63.1 Å². The minimum Gasteiger partial charge on any atom is -0.398 e. The third-order valence-electron chi connectivity index (χ3n) is 6.37. The van der Waals surface area contributed by atoms with Crippen molar-refractivity contribution in [2.24, 2.45) is 0 Å². The zero-order chi connectivity index (χ0) is 23.5. The molecule has 0 aromatic heterocycles. The average molecular weight is 543 g/mol. The Balaban J connectivity index is 2.20. The van der Waals surface area contributed by atoms with Crippen molar-refractivity contribution in [1.29, 1.82) is 0 Å². The van der Waals surface area contributed by atoms with E-state index < -0.39 is 0 Å². The lowest BCUT2D eigenvalue weighted by atomic mass is 9.91. The second-order valence-corrected chi connectivity index (χ2v) is 8.94. The van der Waals surface area contributed by atoms with E-state index in [1.807, 2.05) is 22.6 Å². The van der Waals surface area contributed by atoms with Gasteiger partial charge in [0.25, 0.3) is 0 Å². The highest BCUT2D eigenvalue weighted by atomic mass is 127. The lowest BCUT2D eigenvalue weighted by molar-refractivity contribution is 1.63. The predicted octanol–water partition coefficient (Wildman–Crippen LogP) is 1.65. The van der Waals surface area contributed by atoms with E-state index in [4.69, 9.17) is 63.1 Å². The van der Waals surface area contributed by atoms with E-state index in [9.17, 15) is 0 Å². The van der Waals surface area contributed by atoms with Crippen molar-refractivity contribution in [3.63, 3.8) is 0 Å². The van der Waals surface area contributed by atoms with Gasteiger partial charge in [-0.1, -0.05) is 0 Å². The van der Waals surface area contributed by atoms with Crippen molar-refractivity contribution in [3.05, 3.63) is 3.57 Å². The van der Waals surface area contributed by atoms with Crippen LogP contribution in [-0.2, 0) is 0 Å². The number of hydrogen-bond donors (Lipinski definition) is 11. The van der Waals surface area contributed by atoms with Gasteiger partial charge in [-0.3, -0.25) is 0 Å². The van der Waals surface area contributed by atoms with Gasteiger partial charge in [0.15, 0.2) is 0 Å². The molecule has 1 aliphatic rings. The Bertz CT molecular complexity index is 1480. The molecule has 0 heterocycles. The molecule has 5 rings (SSSR count). The molecule has 4 aromatic rings. The fourth-order valence-corrected chi connectivity index (χ4v) is 5.34. The molecule has 0 bridgehead atoms. The van der Waals surface area contributed by atoms with Gasteiger partial charge in [0.1, 0.15) is 0 Å². The Morgan fingerprint density at radius 1 is 0.281 bits per heavy atom. The standard InChI is InChI=1S/C20H22IN11/c21-9-12(24)7-8(15(27)18(9)30)11(23)5-3-1-2(4(5)10(7)22)13(25)19(31)16(28)6(1)17(29)20(32)14(3)26/h22-32H2. The summed E-state index contributed by atoms with van der Waals surface area (Å²) in [6, 6.07) is 0. The van der Waals surface area contributed by atoms with Gasteiger partial charge in [-0.2, -0.15) is 0 Å². The van der Waals surface area contributed by atoms with Crippen LogP contribution >= 0.6 is 22.6 Å². The van der Waals surface area contributed by atoms with Crippen LogP contribution in [0, 0.1) is 3.57 Å². The summed E-state index contributed by atoms with van der Waals surface area (Å²) in [5.74, 6) is 0. The van der Waals surface area contributed by atoms with Crippen LogP contribution in [0.15, 0.2) is 0 Å². The Morgan fingerprint density at radius 3 is 1.06 bits per heavy atom. The number of benzene rings is 4. The Kier molecular flexibility index (Phi) is 3.59. The smallest absolute Gasteiger partial charge is 0.0795 e.